The molecule has 70 valence electrons. The molecule has 1 nitrogen and oxygen atoms in total. The van der Waals surface area contributed by atoms with Crippen molar-refractivity contribution in [3.05, 3.63) is 0 Å². The van der Waals surface area contributed by atoms with Gasteiger partial charge in [0.1, 0.15) is 0 Å². The van der Waals surface area contributed by atoms with Crippen LogP contribution in [0.1, 0.15) is 39.5 Å². The van der Waals surface area contributed by atoms with Crippen LogP contribution in [0.15, 0.2) is 0 Å². The lowest BCUT2D eigenvalue weighted by atomic mass is 9.81. The Kier molecular flexibility index (Phi) is 2.16. The maximum absolute atomic E-state index is 9.95. The van der Waals surface area contributed by atoms with Gasteiger partial charge in [-0.3, -0.25) is 0 Å². The van der Waals surface area contributed by atoms with Crippen LogP contribution in [0, 0.1) is 23.7 Å². The molecule has 0 radical (unpaired) electrons. The Bertz CT molecular complexity index is 164. The Morgan fingerprint density at radius 1 is 1.17 bits per heavy atom. The van der Waals surface area contributed by atoms with Gasteiger partial charge < -0.3 is 5.11 Å². The topological polar surface area (TPSA) is 20.2 Å². The zero-order chi connectivity index (χ0) is 8.72. The van der Waals surface area contributed by atoms with E-state index < -0.39 is 0 Å². The number of hydrogen-bond donors (Lipinski definition) is 1. The molecule has 2 rings (SSSR count). The summed E-state index contributed by atoms with van der Waals surface area (Å²) in [4.78, 5) is 0. The summed E-state index contributed by atoms with van der Waals surface area (Å²) in [5, 5.41) is 9.95. The van der Waals surface area contributed by atoms with Gasteiger partial charge in [-0.1, -0.05) is 20.3 Å². The van der Waals surface area contributed by atoms with Crippen LogP contribution in [-0.4, -0.2) is 11.2 Å². The molecule has 0 amide bonds. The summed E-state index contributed by atoms with van der Waals surface area (Å²) in [6.07, 6.45) is 5.52. The molecule has 0 heterocycles. The van der Waals surface area contributed by atoms with E-state index >= 15 is 0 Å². The summed E-state index contributed by atoms with van der Waals surface area (Å²) >= 11 is 0. The molecule has 0 spiro atoms. The molecule has 0 aromatic heterocycles. The van der Waals surface area contributed by atoms with Crippen molar-refractivity contribution >= 4 is 0 Å². The fourth-order valence-corrected chi connectivity index (χ4v) is 3.21. The first-order valence-corrected chi connectivity index (χ1v) is 5.36. The van der Waals surface area contributed by atoms with Gasteiger partial charge in [-0.25, -0.2) is 0 Å². The highest BCUT2D eigenvalue weighted by molar-refractivity contribution is 4.93. The van der Waals surface area contributed by atoms with Gasteiger partial charge in [0.2, 0.25) is 0 Å². The summed E-state index contributed by atoms with van der Waals surface area (Å²) in [5.41, 5.74) is 0. The van der Waals surface area contributed by atoms with Crippen LogP contribution in [0.2, 0.25) is 0 Å². The fourth-order valence-electron chi connectivity index (χ4n) is 3.21. The molecule has 0 aromatic carbocycles. The molecule has 2 aliphatic rings. The quantitative estimate of drug-likeness (QED) is 0.671. The van der Waals surface area contributed by atoms with Gasteiger partial charge >= 0.3 is 0 Å². The lowest BCUT2D eigenvalue weighted by Gasteiger charge is -2.29. The Balaban J connectivity index is 1.97. The average molecular weight is 168 g/mol. The van der Waals surface area contributed by atoms with Crippen LogP contribution in [0.3, 0.4) is 0 Å². The predicted molar refractivity (Wildman–Crippen MR) is 49.8 cm³/mol. The minimum atomic E-state index is -0.0275. The number of rotatable bonds is 2. The summed E-state index contributed by atoms with van der Waals surface area (Å²) < 4.78 is 0. The highest BCUT2D eigenvalue weighted by Gasteiger charge is 2.43. The van der Waals surface area contributed by atoms with Gasteiger partial charge in [0.25, 0.3) is 0 Å². The largest absolute Gasteiger partial charge is 0.393 e. The van der Waals surface area contributed by atoms with Gasteiger partial charge in [-0.15, -0.1) is 0 Å². The molecule has 0 aliphatic heterocycles. The van der Waals surface area contributed by atoms with Crippen molar-refractivity contribution in [1.82, 2.24) is 0 Å². The summed E-state index contributed by atoms with van der Waals surface area (Å²) in [7, 11) is 0. The zero-order valence-corrected chi connectivity index (χ0v) is 8.16. The zero-order valence-electron chi connectivity index (χ0n) is 8.16. The molecular formula is C11H20O. The third kappa shape index (κ3) is 1.28. The second-order valence-electron chi connectivity index (χ2n) is 5.07. The minimum absolute atomic E-state index is 0.0275. The minimum Gasteiger partial charge on any atom is -0.393 e. The van der Waals surface area contributed by atoms with Crippen molar-refractivity contribution in [3.8, 4) is 0 Å². The van der Waals surface area contributed by atoms with Crippen LogP contribution in [0.4, 0.5) is 0 Å². The van der Waals surface area contributed by atoms with Gasteiger partial charge in [-0.05, 0) is 42.9 Å². The van der Waals surface area contributed by atoms with E-state index in [2.05, 4.69) is 13.8 Å². The average Bonchev–Trinajstić information content (AvgIpc) is 2.62. The Morgan fingerprint density at radius 2 is 1.92 bits per heavy atom. The normalized spacial score (nSPS) is 42.5. The number of fused-ring (bicyclic) bond motifs is 2. The molecule has 0 saturated heterocycles. The molecule has 2 saturated carbocycles. The van der Waals surface area contributed by atoms with Gasteiger partial charge in [0.05, 0.1) is 6.10 Å². The van der Waals surface area contributed by atoms with Crippen LogP contribution in [0.25, 0.3) is 0 Å². The third-order valence-electron chi connectivity index (χ3n) is 3.91. The molecule has 1 N–H and O–H groups in total. The second kappa shape index (κ2) is 3.02. The maximum Gasteiger partial charge on any atom is 0.0594 e. The van der Waals surface area contributed by atoms with Crippen molar-refractivity contribution in [1.29, 1.82) is 0 Å². The number of aliphatic hydroxyl groups excluding tert-OH is 1. The smallest absolute Gasteiger partial charge is 0.0594 e. The monoisotopic (exact) mass is 168 g/mol. The lowest BCUT2D eigenvalue weighted by molar-refractivity contribution is 0.0376. The third-order valence-corrected chi connectivity index (χ3v) is 3.91. The van der Waals surface area contributed by atoms with Crippen molar-refractivity contribution in [3.63, 3.8) is 0 Å². The van der Waals surface area contributed by atoms with Crippen molar-refractivity contribution < 1.29 is 5.11 Å². The number of hydrogen-bond acceptors (Lipinski definition) is 1. The summed E-state index contributed by atoms with van der Waals surface area (Å²) in [6.45, 7) is 4.27. The van der Waals surface area contributed by atoms with E-state index in [1.54, 1.807) is 0 Å². The maximum atomic E-state index is 9.95. The predicted octanol–water partition coefficient (Wildman–Crippen LogP) is 2.44. The molecule has 2 bridgehead atoms. The highest BCUT2D eigenvalue weighted by atomic mass is 16.3. The van der Waals surface area contributed by atoms with Crippen LogP contribution in [-0.2, 0) is 0 Å². The van der Waals surface area contributed by atoms with Gasteiger partial charge in [0, 0.05) is 0 Å². The van der Waals surface area contributed by atoms with Crippen molar-refractivity contribution in [2.75, 3.05) is 0 Å². The Hall–Kier alpha value is -0.0400. The molecule has 2 fully saturated rings. The standard InChI is InChI=1S/C11H20O/c1-7(2)11(12)10-6-8-3-4-9(10)5-8/h7-12H,3-6H2,1-2H3/t8?,9?,10?,11-/m1/s1. The van der Waals surface area contributed by atoms with Crippen LogP contribution < -0.4 is 0 Å². The van der Waals surface area contributed by atoms with E-state index in [1.807, 2.05) is 0 Å². The van der Waals surface area contributed by atoms with E-state index in [0.29, 0.717) is 11.8 Å². The second-order valence-corrected chi connectivity index (χ2v) is 5.07. The first kappa shape index (κ1) is 8.55. The summed E-state index contributed by atoms with van der Waals surface area (Å²) in [5.74, 6) is 2.93. The molecule has 2 aliphatic carbocycles. The molecule has 3 unspecified atom stereocenters. The molecule has 4 atom stereocenters. The van der Waals surface area contributed by atoms with Gasteiger partial charge in [0.15, 0.2) is 0 Å². The SMILES string of the molecule is CC(C)[C@@H](O)C1CC2CCC1C2. The van der Waals surface area contributed by atoms with Crippen LogP contribution in [0.5, 0.6) is 0 Å². The van der Waals surface area contributed by atoms with E-state index in [9.17, 15) is 5.11 Å². The summed E-state index contributed by atoms with van der Waals surface area (Å²) in [6, 6.07) is 0. The van der Waals surface area contributed by atoms with Crippen molar-refractivity contribution in [2.24, 2.45) is 23.7 Å². The van der Waals surface area contributed by atoms with E-state index in [0.717, 1.165) is 11.8 Å². The van der Waals surface area contributed by atoms with Crippen LogP contribution >= 0.6 is 0 Å². The lowest BCUT2D eigenvalue weighted by Crippen LogP contribution is -2.29. The fraction of sp³-hybridized carbons (Fsp3) is 1.00. The van der Waals surface area contributed by atoms with Gasteiger partial charge in [-0.2, -0.15) is 0 Å². The number of aliphatic hydroxyl groups is 1. The first-order chi connectivity index (χ1) is 5.68. The first-order valence-electron chi connectivity index (χ1n) is 5.36. The Labute approximate surface area is 75.2 Å². The van der Waals surface area contributed by atoms with E-state index in [-0.39, 0.29) is 6.10 Å². The molecule has 12 heavy (non-hydrogen) atoms. The van der Waals surface area contributed by atoms with Crippen molar-refractivity contribution in [2.45, 2.75) is 45.6 Å². The molecule has 0 aromatic rings. The van der Waals surface area contributed by atoms with E-state index in [4.69, 9.17) is 0 Å². The highest BCUT2D eigenvalue weighted by Crippen LogP contribution is 2.50. The Morgan fingerprint density at radius 3 is 2.33 bits per heavy atom. The molecular weight excluding hydrogens is 148 g/mol. The molecule has 1 heteroatoms. The van der Waals surface area contributed by atoms with E-state index in [1.165, 1.54) is 25.7 Å².